The van der Waals surface area contributed by atoms with E-state index < -0.39 is 0 Å². The second-order valence-corrected chi connectivity index (χ2v) is 5.78. The molecule has 1 aliphatic rings. The van der Waals surface area contributed by atoms with Crippen molar-refractivity contribution in [2.45, 2.75) is 25.9 Å². The van der Waals surface area contributed by atoms with Gasteiger partial charge < -0.3 is 19.5 Å². The number of methoxy groups -OCH3 is 2. The maximum Gasteiger partial charge on any atom is 0.185 e. The molecule has 6 nitrogen and oxygen atoms in total. The molecule has 1 aromatic carbocycles. The second kappa shape index (κ2) is 9.34. The Balaban J connectivity index is 1.88. The molecule has 0 saturated carbocycles. The van der Waals surface area contributed by atoms with Crippen LogP contribution in [0.15, 0.2) is 24.3 Å². The molecule has 0 radical (unpaired) electrons. The number of nitrogens with one attached hydrogen (secondary N) is 3. The molecule has 0 bridgehead atoms. The van der Waals surface area contributed by atoms with Crippen LogP contribution in [-0.4, -0.2) is 38.6 Å². The second-order valence-electron chi connectivity index (χ2n) is 5.37. The number of hydrogen-bond donors (Lipinski definition) is 3. The lowest BCUT2D eigenvalue weighted by Crippen LogP contribution is -2.45. The average molecular weight is 351 g/mol. The van der Waals surface area contributed by atoms with Gasteiger partial charge in [0.2, 0.25) is 0 Å². The van der Waals surface area contributed by atoms with E-state index in [0.29, 0.717) is 16.6 Å². The SMILES string of the molecule is C/C=C(\NNC(=S)NC[C@@H]1CCCO1)c1ccc(OC)c(OC)c1. The van der Waals surface area contributed by atoms with Crippen molar-refractivity contribution in [2.75, 3.05) is 27.4 Å². The minimum atomic E-state index is 0.247. The Morgan fingerprint density at radius 3 is 2.71 bits per heavy atom. The summed E-state index contributed by atoms with van der Waals surface area (Å²) < 4.78 is 16.2. The largest absolute Gasteiger partial charge is 0.493 e. The van der Waals surface area contributed by atoms with Crippen LogP contribution in [0.5, 0.6) is 11.5 Å². The first kappa shape index (κ1) is 18.4. The monoisotopic (exact) mass is 351 g/mol. The molecule has 7 heteroatoms. The number of ether oxygens (including phenoxy) is 3. The molecule has 0 aliphatic carbocycles. The molecule has 1 atom stereocenters. The highest BCUT2D eigenvalue weighted by molar-refractivity contribution is 7.80. The average Bonchev–Trinajstić information content (AvgIpc) is 3.13. The summed E-state index contributed by atoms with van der Waals surface area (Å²) in [6.45, 7) is 3.51. The van der Waals surface area contributed by atoms with Gasteiger partial charge in [-0.3, -0.25) is 10.9 Å². The van der Waals surface area contributed by atoms with Gasteiger partial charge in [-0.05, 0) is 50.2 Å². The van der Waals surface area contributed by atoms with Crippen molar-refractivity contribution < 1.29 is 14.2 Å². The van der Waals surface area contributed by atoms with E-state index in [9.17, 15) is 0 Å². The molecular weight excluding hydrogens is 326 g/mol. The third-order valence-electron chi connectivity index (χ3n) is 3.81. The van der Waals surface area contributed by atoms with Gasteiger partial charge in [0.15, 0.2) is 16.6 Å². The highest BCUT2D eigenvalue weighted by Crippen LogP contribution is 2.29. The number of hydrogen-bond acceptors (Lipinski definition) is 5. The Kier molecular flexibility index (Phi) is 7.14. The minimum Gasteiger partial charge on any atom is -0.493 e. The fourth-order valence-electron chi connectivity index (χ4n) is 2.49. The van der Waals surface area contributed by atoms with Crippen LogP contribution in [0.2, 0.25) is 0 Å². The molecule has 1 aliphatic heterocycles. The molecule has 1 saturated heterocycles. The number of rotatable bonds is 7. The molecule has 3 N–H and O–H groups in total. The molecule has 1 aromatic rings. The van der Waals surface area contributed by atoms with E-state index in [1.807, 2.05) is 31.2 Å². The first-order valence-electron chi connectivity index (χ1n) is 7.98. The fraction of sp³-hybridized carbons (Fsp3) is 0.471. The van der Waals surface area contributed by atoms with Crippen molar-refractivity contribution in [1.82, 2.24) is 16.2 Å². The van der Waals surface area contributed by atoms with Crippen molar-refractivity contribution in [3.8, 4) is 11.5 Å². The third kappa shape index (κ3) is 5.01. The molecule has 0 spiro atoms. The highest BCUT2D eigenvalue weighted by atomic mass is 32.1. The maximum absolute atomic E-state index is 5.56. The van der Waals surface area contributed by atoms with E-state index >= 15 is 0 Å². The van der Waals surface area contributed by atoms with E-state index in [0.717, 1.165) is 37.3 Å². The normalized spacial score (nSPS) is 17.3. The van der Waals surface area contributed by atoms with E-state index in [4.69, 9.17) is 26.4 Å². The summed E-state index contributed by atoms with van der Waals surface area (Å²) in [5, 5.41) is 3.69. The molecule has 0 amide bonds. The standard InChI is InChI=1S/C17H25N3O3S/c1-4-14(12-7-8-15(21-2)16(10-12)22-3)19-20-17(24)18-11-13-6-5-9-23-13/h4,7-8,10,13,19H,5-6,9,11H2,1-3H3,(H2,18,20,24)/b14-4-/t13-/m0/s1. The third-order valence-corrected chi connectivity index (χ3v) is 4.05. The van der Waals surface area contributed by atoms with Gasteiger partial charge in [0.1, 0.15) is 0 Å². The number of thiocarbonyl (C=S) groups is 1. The molecule has 1 fully saturated rings. The summed E-state index contributed by atoms with van der Waals surface area (Å²) in [6, 6.07) is 5.73. The zero-order valence-electron chi connectivity index (χ0n) is 14.3. The van der Waals surface area contributed by atoms with Gasteiger partial charge in [0.25, 0.3) is 0 Å². The van der Waals surface area contributed by atoms with Crippen molar-refractivity contribution in [1.29, 1.82) is 0 Å². The van der Waals surface area contributed by atoms with Gasteiger partial charge in [0, 0.05) is 18.7 Å². The Morgan fingerprint density at radius 2 is 2.08 bits per heavy atom. The summed E-state index contributed by atoms with van der Waals surface area (Å²) >= 11 is 5.28. The van der Waals surface area contributed by atoms with Crippen LogP contribution in [0.1, 0.15) is 25.3 Å². The van der Waals surface area contributed by atoms with Crippen LogP contribution in [0.25, 0.3) is 5.70 Å². The Morgan fingerprint density at radius 1 is 1.29 bits per heavy atom. The summed E-state index contributed by atoms with van der Waals surface area (Å²) in [6.07, 6.45) is 4.40. The van der Waals surface area contributed by atoms with Gasteiger partial charge in [0.05, 0.1) is 26.0 Å². The van der Waals surface area contributed by atoms with Crippen LogP contribution >= 0.6 is 12.2 Å². The van der Waals surface area contributed by atoms with E-state index in [2.05, 4.69) is 16.2 Å². The van der Waals surface area contributed by atoms with Gasteiger partial charge in [-0.25, -0.2) is 0 Å². The number of allylic oxidation sites excluding steroid dienone is 1. The summed E-state index contributed by atoms with van der Waals surface area (Å²) in [7, 11) is 3.23. The Bertz CT molecular complexity index is 586. The number of hydrazine groups is 1. The summed E-state index contributed by atoms with van der Waals surface area (Å²) in [5.41, 5.74) is 7.97. The zero-order valence-corrected chi connectivity index (χ0v) is 15.2. The summed E-state index contributed by atoms with van der Waals surface area (Å²) in [5.74, 6) is 1.37. The van der Waals surface area contributed by atoms with Crippen molar-refractivity contribution in [3.63, 3.8) is 0 Å². The predicted octanol–water partition coefficient (Wildman–Crippen LogP) is 2.21. The van der Waals surface area contributed by atoms with E-state index in [1.54, 1.807) is 14.2 Å². The lowest BCUT2D eigenvalue weighted by Gasteiger charge is -2.17. The smallest absolute Gasteiger partial charge is 0.185 e. The fourth-order valence-corrected chi connectivity index (χ4v) is 2.63. The molecule has 132 valence electrons. The lowest BCUT2D eigenvalue weighted by atomic mass is 10.1. The molecule has 1 heterocycles. The van der Waals surface area contributed by atoms with E-state index in [1.165, 1.54) is 0 Å². The highest BCUT2D eigenvalue weighted by Gasteiger charge is 2.15. The van der Waals surface area contributed by atoms with Gasteiger partial charge in [-0.15, -0.1) is 0 Å². The Hall–Kier alpha value is -1.99. The topological polar surface area (TPSA) is 63.8 Å². The molecule has 24 heavy (non-hydrogen) atoms. The van der Waals surface area contributed by atoms with E-state index in [-0.39, 0.29) is 6.10 Å². The maximum atomic E-state index is 5.56. The first-order chi connectivity index (χ1) is 11.7. The van der Waals surface area contributed by atoms with Gasteiger partial charge >= 0.3 is 0 Å². The Labute approximate surface area is 148 Å². The minimum absolute atomic E-state index is 0.247. The van der Waals surface area contributed by atoms with Crippen LogP contribution in [0.4, 0.5) is 0 Å². The van der Waals surface area contributed by atoms with Gasteiger partial charge in [-0.1, -0.05) is 6.08 Å². The lowest BCUT2D eigenvalue weighted by molar-refractivity contribution is 0.114. The van der Waals surface area contributed by atoms with Crippen LogP contribution in [0, 0.1) is 0 Å². The van der Waals surface area contributed by atoms with Crippen molar-refractivity contribution >= 4 is 23.0 Å². The molecule has 0 unspecified atom stereocenters. The van der Waals surface area contributed by atoms with Crippen LogP contribution in [0.3, 0.4) is 0 Å². The molecule has 2 rings (SSSR count). The van der Waals surface area contributed by atoms with Crippen LogP contribution in [-0.2, 0) is 4.74 Å². The predicted molar refractivity (Wildman–Crippen MR) is 99.0 cm³/mol. The quantitative estimate of drug-likeness (QED) is 0.514. The summed E-state index contributed by atoms with van der Waals surface area (Å²) in [4.78, 5) is 0. The van der Waals surface area contributed by atoms with Crippen molar-refractivity contribution in [2.24, 2.45) is 0 Å². The van der Waals surface area contributed by atoms with Gasteiger partial charge in [-0.2, -0.15) is 0 Å². The zero-order chi connectivity index (χ0) is 17.4. The number of benzene rings is 1. The molecular formula is C17H25N3O3S. The molecule has 0 aromatic heterocycles. The van der Waals surface area contributed by atoms with Crippen molar-refractivity contribution in [3.05, 3.63) is 29.8 Å². The van der Waals surface area contributed by atoms with Crippen LogP contribution < -0.4 is 25.6 Å². The first-order valence-corrected chi connectivity index (χ1v) is 8.39.